The molecule has 2 aromatic rings. The molecule has 0 fully saturated rings. The number of hydrogen-bond acceptors (Lipinski definition) is 5. The zero-order valence-electron chi connectivity index (χ0n) is 12.4. The fourth-order valence-electron chi connectivity index (χ4n) is 1.95. The zero-order valence-corrected chi connectivity index (χ0v) is 13.2. The van der Waals surface area contributed by atoms with E-state index in [1.807, 2.05) is 4.57 Å². The van der Waals surface area contributed by atoms with Crippen molar-refractivity contribution in [1.29, 1.82) is 0 Å². The highest BCUT2D eigenvalue weighted by molar-refractivity contribution is 7.71. The first-order valence-corrected chi connectivity index (χ1v) is 7.16. The number of rotatable bonds is 6. The fourth-order valence-corrected chi connectivity index (χ4v) is 2.16. The predicted octanol–water partition coefficient (Wildman–Crippen LogP) is 1.47. The molecule has 0 spiro atoms. The standard InChI is InChI=1S/C13H19N5O2S/c1-9(2)8-17-12(14-15-13(17)21)10-4-5-11(19)18(16-10)6-7-20-3/h4-5,9H,6-8H2,1-3H3,(H,15,21). The van der Waals surface area contributed by atoms with Gasteiger partial charge in [0, 0.05) is 19.7 Å². The number of methoxy groups -OCH3 is 1. The predicted molar refractivity (Wildman–Crippen MR) is 81.6 cm³/mol. The first-order chi connectivity index (χ1) is 10.0. The van der Waals surface area contributed by atoms with Crippen molar-refractivity contribution in [3.63, 3.8) is 0 Å². The summed E-state index contributed by atoms with van der Waals surface area (Å²) in [5.41, 5.74) is 0.444. The second-order valence-corrected chi connectivity index (χ2v) is 5.52. The monoisotopic (exact) mass is 309 g/mol. The quantitative estimate of drug-likeness (QED) is 0.818. The highest BCUT2D eigenvalue weighted by Gasteiger charge is 2.12. The van der Waals surface area contributed by atoms with Gasteiger partial charge in [-0.2, -0.15) is 10.2 Å². The van der Waals surface area contributed by atoms with Crippen molar-refractivity contribution in [3.05, 3.63) is 27.3 Å². The third kappa shape index (κ3) is 3.64. The maximum atomic E-state index is 11.8. The maximum Gasteiger partial charge on any atom is 0.266 e. The molecule has 0 radical (unpaired) electrons. The van der Waals surface area contributed by atoms with Gasteiger partial charge in [0.15, 0.2) is 10.6 Å². The minimum Gasteiger partial charge on any atom is -0.383 e. The fraction of sp³-hybridized carbons (Fsp3) is 0.538. The largest absolute Gasteiger partial charge is 0.383 e. The lowest BCUT2D eigenvalue weighted by Gasteiger charge is -2.10. The molecule has 0 aliphatic carbocycles. The number of ether oxygens (including phenoxy) is 1. The molecule has 7 nitrogen and oxygen atoms in total. The first-order valence-electron chi connectivity index (χ1n) is 6.75. The molecule has 2 heterocycles. The van der Waals surface area contributed by atoms with Crippen molar-refractivity contribution in [2.45, 2.75) is 26.9 Å². The van der Waals surface area contributed by atoms with E-state index < -0.39 is 0 Å². The van der Waals surface area contributed by atoms with E-state index in [0.29, 0.717) is 35.4 Å². The third-order valence-corrected chi connectivity index (χ3v) is 3.22. The molecule has 0 aliphatic heterocycles. The van der Waals surface area contributed by atoms with Gasteiger partial charge in [0.05, 0.1) is 13.2 Å². The Hall–Kier alpha value is -1.80. The Bertz CT molecular complexity index is 716. The van der Waals surface area contributed by atoms with Crippen LogP contribution in [0.2, 0.25) is 0 Å². The van der Waals surface area contributed by atoms with Gasteiger partial charge < -0.3 is 4.74 Å². The Morgan fingerprint density at radius 3 is 2.86 bits per heavy atom. The van der Waals surface area contributed by atoms with Gasteiger partial charge in [0.2, 0.25) is 0 Å². The topological polar surface area (TPSA) is 77.7 Å². The van der Waals surface area contributed by atoms with Crippen molar-refractivity contribution in [3.8, 4) is 11.5 Å². The average Bonchev–Trinajstić information content (AvgIpc) is 2.79. The SMILES string of the molecule is COCCn1nc(-c2n[nH]c(=S)n2CC(C)C)ccc1=O. The number of nitrogens with one attached hydrogen (secondary N) is 1. The van der Waals surface area contributed by atoms with Crippen LogP contribution in [-0.2, 0) is 17.8 Å². The molecule has 2 aromatic heterocycles. The van der Waals surface area contributed by atoms with Crippen LogP contribution in [0.4, 0.5) is 0 Å². The summed E-state index contributed by atoms with van der Waals surface area (Å²) >= 11 is 5.25. The van der Waals surface area contributed by atoms with Crippen LogP contribution in [0.15, 0.2) is 16.9 Å². The van der Waals surface area contributed by atoms with E-state index in [0.717, 1.165) is 6.54 Å². The minimum absolute atomic E-state index is 0.166. The molecule has 0 aliphatic rings. The van der Waals surface area contributed by atoms with Crippen LogP contribution >= 0.6 is 12.2 Å². The lowest BCUT2D eigenvalue weighted by Crippen LogP contribution is -2.24. The van der Waals surface area contributed by atoms with Crippen LogP contribution in [-0.4, -0.2) is 38.3 Å². The van der Waals surface area contributed by atoms with E-state index >= 15 is 0 Å². The zero-order chi connectivity index (χ0) is 15.4. The summed E-state index contributed by atoms with van der Waals surface area (Å²) in [4.78, 5) is 11.8. The van der Waals surface area contributed by atoms with Crippen LogP contribution in [0.3, 0.4) is 0 Å². The Morgan fingerprint density at radius 2 is 2.19 bits per heavy atom. The van der Waals surface area contributed by atoms with Gasteiger partial charge in [-0.3, -0.25) is 14.5 Å². The van der Waals surface area contributed by atoms with Crippen molar-refractivity contribution in [2.75, 3.05) is 13.7 Å². The smallest absolute Gasteiger partial charge is 0.266 e. The number of nitrogens with zero attached hydrogens (tertiary/aromatic N) is 4. The molecule has 0 saturated heterocycles. The van der Waals surface area contributed by atoms with Crippen molar-refractivity contribution >= 4 is 12.2 Å². The summed E-state index contributed by atoms with van der Waals surface area (Å²) in [6.45, 7) is 5.77. The van der Waals surface area contributed by atoms with Gasteiger partial charge in [-0.25, -0.2) is 4.68 Å². The Morgan fingerprint density at radius 1 is 1.43 bits per heavy atom. The van der Waals surface area contributed by atoms with Gasteiger partial charge in [0.1, 0.15) is 5.69 Å². The summed E-state index contributed by atoms with van der Waals surface area (Å²) in [6, 6.07) is 3.14. The highest BCUT2D eigenvalue weighted by Crippen LogP contribution is 2.14. The van der Waals surface area contributed by atoms with Gasteiger partial charge >= 0.3 is 0 Å². The minimum atomic E-state index is -0.166. The number of H-pyrrole nitrogens is 1. The third-order valence-electron chi connectivity index (χ3n) is 2.91. The Kier molecular flexibility index (Phi) is 5.03. The van der Waals surface area contributed by atoms with E-state index in [1.165, 1.54) is 10.7 Å². The summed E-state index contributed by atoms with van der Waals surface area (Å²) in [6.07, 6.45) is 0. The van der Waals surface area contributed by atoms with Gasteiger partial charge in [-0.05, 0) is 24.2 Å². The van der Waals surface area contributed by atoms with Gasteiger partial charge in [0.25, 0.3) is 5.56 Å². The summed E-state index contributed by atoms with van der Waals surface area (Å²) in [7, 11) is 1.59. The molecule has 0 saturated carbocycles. The molecule has 114 valence electrons. The summed E-state index contributed by atoms with van der Waals surface area (Å²) in [5.74, 6) is 1.06. The maximum absolute atomic E-state index is 11.8. The second-order valence-electron chi connectivity index (χ2n) is 5.13. The van der Waals surface area contributed by atoms with Crippen LogP contribution in [0.1, 0.15) is 13.8 Å². The van der Waals surface area contributed by atoms with E-state index in [4.69, 9.17) is 17.0 Å². The molecule has 1 N–H and O–H groups in total. The van der Waals surface area contributed by atoms with E-state index in [1.54, 1.807) is 13.2 Å². The van der Waals surface area contributed by atoms with E-state index in [-0.39, 0.29) is 5.56 Å². The molecule has 0 atom stereocenters. The second kappa shape index (κ2) is 6.77. The highest BCUT2D eigenvalue weighted by atomic mass is 32.1. The molecular weight excluding hydrogens is 290 g/mol. The molecule has 0 bridgehead atoms. The van der Waals surface area contributed by atoms with E-state index in [2.05, 4.69) is 29.1 Å². The van der Waals surface area contributed by atoms with Crippen molar-refractivity contribution < 1.29 is 4.74 Å². The number of aromatic nitrogens is 5. The molecular formula is C13H19N5O2S. The molecule has 0 aromatic carbocycles. The summed E-state index contributed by atoms with van der Waals surface area (Å²) in [5, 5.41) is 11.3. The van der Waals surface area contributed by atoms with Crippen LogP contribution < -0.4 is 5.56 Å². The molecule has 8 heteroatoms. The molecule has 0 unspecified atom stereocenters. The lowest BCUT2D eigenvalue weighted by molar-refractivity contribution is 0.182. The first kappa shape index (κ1) is 15.6. The summed E-state index contributed by atoms with van der Waals surface area (Å²) < 4.78 is 8.80. The van der Waals surface area contributed by atoms with Crippen molar-refractivity contribution in [1.82, 2.24) is 24.5 Å². The van der Waals surface area contributed by atoms with Crippen LogP contribution in [0, 0.1) is 10.7 Å². The van der Waals surface area contributed by atoms with E-state index in [9.17, 15) is 4.79 Å². The van der Waals surface area contributed by atoms with Gasteiger partial charge in [-0.1, -0.05) is 13.8 Å². The normalized spacial score (nSPS) is 11.2. The van der Waals surface area contributed by atoms with Crippen LogP contribution in [0.5, 0.6) is 0 Å². The molecule has 2 rings (SSSR count). The lowest BCUT2D eigenvalue weighted by atomic mass is 10.2. The number of aromatic amines is 1. The number of hydrogen-bond donors (Lipinski definition) is 1. The van der Waals surface area contributed by atoms with Gasteiger partial charge in [-0.15, -0.1) is 0 Å². The van der Waals surface area contributed by atoms with Crippen molar-refractivity contribution in [2.24, 2.45) is 5.92 Å². The molecule has 0 amide bonds. The van der Waals surface area contributed by atoms with Crippen LogP contribution in [0.25, 0.3) is 11.5 Å². The molecule has 21 heavy (non-hydrogen) atoms. The Labute approximate surface area is 127 Å². The average molecular weight is 309 g/mol. The Balaban J connectivity index is 2.43.